The largest absolute Gasteiger partial charge is 0.397 e. The molecule has 1 heterocycles. The molecule has 0 aliphatic carbocycles. The van der Waals surface area contributed by atoms with E-state index in [9.17, 15) is 17.2 Å². The Morgan fingerprint density at radius 3 is 2.65 bits per heavy atom. The Hall–Kier alpha value is -1.41. The average molecular weight is 305 g/mol. The second-order valence-electron chi connectivity index (χ2n) is 4.91. The number of nitrogen functional groups attached to an aromatic ring is 1. The monoisotopic (exact) mass is 305 g/mol. The van der Waals surface area contributed by atoms with Crippen LogP contribution in [0.5, 0.6) is 0 Å². The first-order valence-electron chi connectivity index (χ1n) is 6.35. The molecule has 5 nitrogen and oxygen atoms in total. The minimum atomic E-state index is -3.90. The Balaban J connectivity index is 2.29. The van der Waals surface area contributed by atoms with Crippen LogP contribution < -0.4 is 10.5 Å². The molecule has 0 bridgehead atoms. The van der Waals surface area contributed by atoms with Crippen LogP contribution in [0.25, 0.3) is 0 Å². The fraction of sp³-hybridized carbons (Fsp3) is 0.500. The molecule has 1 aromatic rings. The van der Waals surface area contributed by atoms with Gasteiger partial charge in [0.2, 0.25) is 0 Å². The highest BCUT2D eigenvalue weighted by Crippen LogP contribution is 2.27. The van der Waals surface area contributed by atoms with Crippen LogP contribution in [0.15, 0.2) is 12.1 Å². The second-order valence-corrected chi connectivity index (χ2v) is 6.54. The van der Waals surface area contributed by atoms with Crippen LogP contribution in [0.4, 0.5) is 20.2 Å². The molecule has 0 saturated carbocycles. The third-order valence-corrected chi connectivity index (χ3v) is 4.99. The number of halogens is 2. The Kier molecular flexibility index (Phi) is 4.14. The number of benzene rings is 1. The quantitative estimate of drug-likeness (QED) is 0.840. The number of hydrogen-bond acceptors (Lipinski definition) is 3. The van der Waals surface area contributed by atoms with Gasteiger partial charge in [-0.1, -0.05) is 6.42 Å². The van der Waals surface area contributed by atoms with Crippen molar-refractivity contribution < 1.29 is 17.2 Å². The predicted octanol–water partition coefficient (Wildman–Crippen LogP) is 2.08. The Morgan fingerprint density at radius 2 is 2.05 bits per heavy atom. The van der Waals surface area contributed by atoms with Gasteiger partial charge in [-0.2, -0.15) is 12.7 Å². The highest BCUT2D eigenvalue weighted by Gasteiger charge is 2.30. The molecule has 0 spiro atoms. The van der Waals surface area contributed by atoms with Crippen molar-refractivity contribution in [2.45, 2.75) is 32.2 Å². The predicted molar refractivity (Wildman–Crippen MR) is 73.3 cm³/mol. The molecule has 1 aromatic carbocycles. The summed E-state index contributed by atoms with van der Waals surface area (Å²) in [4.78, 5) is 0. The van der Waals surface area contributed by atoms with Gasteiger partial charge in [-0.25, -0.2) is 8.78 Å². The molecule has 0 radical (unpaired) electrons. The first kappa shape index (κ1) is 15.0. The number of anilines is 2. The summed E-state index contributed by atoms with van der Waals surface area (Å²) in [6, 6.07) is 1.31. The molecule has 1 fully saturated rings. The van der Waals surface area contributed by atoms with Gasteiger partial charge in [0, 0.05) is 18.7 Å². The van der Waals surface area contributed by atoms with Gasteiger partial charge in [0.05, 0.1) is 5.69 Å². The van der Waals surface area contributed by atoms with Crippen molar-refractivity contribution in [3.63, 3.8) is 0 Å². The smallest absolute Gasteiger partial charge is 0.302 e. The van der Waals surface area contributed by atoms with Gasteiger partial charge >= 0.3 is 10.2 Å². The number of hydrogen-bond donors (Lipinski definition) is 2. The molecule has 0 amide bonds. The third-order valence-electron chi connectivity index (χ3n) is 3.37. The van der Waals surface area contributed by atoms with Crippen molar-refractivity contribution in [2.75, 3.05) is 17.0 Å². The van der Waals surface area contributed by atoms with E-state index in [1.807, 2.05) is 0 Å². The molecular formula is C12H17F2N3O2S. The molecule has 1 aliphatic rings. The van der Waals surface area contributed by atoms with Crippen LogP contribution in [0.1, 0.15) is 26.2 Å². The maximum absolute atomic E-state index is 13.6. The summed E-state index contributed by atoms with van der Waals surface area (Å²) in [5.74, 6) is -1.88. The fourth-order valence-electron chi connectivity index (χ4n) is 2.32. The fourth-order valence-corrected chi connectivity index (χ4v) is 3.86. The molecule has 112 valence electrons. The van der Waals surface area contributed by atoms with E-state index in [4.69, 9.17) is 5.73 Å². The number of nitrogens with zero attached hydrogens (tertiary/aromatic N) is 1. The Morgan fingerprint density at radius 1 is 1.35 bits per heavy atom. The lowest BCUT2D eigenvalue weighted by molar-refractivity contribution is 0.270. The van der Waals surface area contributed by atoms with Crippen LogP contribution in [0.3, 0.4) is 0 Å². The highest BCUT2D eigenvalue weighted by atomic mass is 32.2. The van der Waals surface area contributed by atoms with E-state index in [0.717, 1.165) is 25.3 Å². The minimum absolute atomic E-state index is 0.161. The summed E-state index contributed by atoms with van der Waals surface area (Å²) in [6.07, 6.45) is 2.47. The zero-order chi connectivity index (χ0) is 14.9. The number of nitrogens with one attached hydrogen (secondary N) is 1. The van der Waals surface area contributed by atoms with Crippen molar-refractivity contribution in [3.05, 3.63) is 23.8 Å². The van der Waals surface area contributed by atoms with Crippen molar-refractivity contribution in [1.29, 1.82) is 0 Å². The van der Waals surface area contributed by atoms with Crippen LogP contribution >= 0.6 is 0 Å². The normalized spacial score (nSPS) is 20.9. The molecule has 8 heteroatoms. The zero-order valence-corrected chi connectivity index (χ0v) is 11.9. The van der Waals surface area contributed by atoms with E-state index >= 15 is 0 Å². The summed E-state index contributed by atoms with van der Waals surface area (Å²) < 4.78 is 54.5. The van der Waals surface area contributed by atoms with Gasteiger partial charge in [0.1, 0.15) is 11.5 Å². The van der Waals surface area contributed by atoms with Gasteiger partial charge in [0.25, 0.3) is 0 Å². The summed E-state index contributed by atoms with van der Waals surface area (Å²) in [5.41, 5.74) is 4.77. The van der Waals surface area contributed by atoms with Gasteiger partial charge in [-0.3, -0.25) is 4.72 Å². The van der Waals surface area contributed by atoms with E-state index < -0.39 is 27.5 Å². The summed E-state index contributed by atoms with van der Waals surface area (Å²) in [7, 11) is -3.90. The lowest BCUT2D eigenvalue weighted by Gasteiger charge is -2.32. The highest BCUT2D eigenvalue weighted by molar-refractivity contribution is 7.90. The number of nitrogens with two attached hydrogens (primary N) is 1. The molecular weight excluding hydrogens is 288 g/mol. The van der Waals surface area contributed by atoms with Crippen LogP contribution in [0, 0.1) is 11.6 Å². The van der Waals surface area contributed by atoms with Crippen LogP contribution in [0.2, 0.25) is 0 Å². The van der Waals surface area contributed by atoms with Crippen molar-refractivity contribution in [1.82, 2.24) is 4.31 Å². The maximum atomic E-state index is 13.6. The van der Waals surface area contributed by atoms with Crippen molar-refractivity contribution in [2.24, 2.45) is 0 Å². The standard InChI is InChI=1S/C12H17F2N3O2S/c1-8-4-2-3-5-17(8)20(18,19)16-12-10(14)6-9(13)7-11(12)15/h6-8,16H,2-5,15H2,1H3. The molecule has 2 rings (SSSR count). The molecule has 1 saturated heterocycles. The van der Waals surface area contributed by atoms with Crippen molar-refractivity contribution >= 4 is 21.6 Å². The summed E-state index contributed by atoms with van der Waals surface area (Å²) in [5, 5.41) is 0. The second kappa shape index (κ2) is 5.53. The van der Waals surface area contributed by atoms with E-state index in [0.29, 0.717) is 12.6 Å². The van der Waals surface area contributed by atoms with Crippen molar-refractivity contribution in [3.8, 4) is 0 Å². The zero-order valence-electron chi connectivity index (χ0n) is 11.1. The van der Waals surface area contributed by atoms with Crippen LogP contribution in [-0.4, -0.2) is 25.3 Å². The van der Waals surface area contributed by atoms with E-state index in [-0.39, 0.29) is 11.7 Å². The SMILES string of the molecule is CC1CCCCN1S(=O)(=O)Nc1c(N)cc(F)cc1F. The number of piperidine rings is 1. The topological polar surface area (TPSA) is 75.4 Å². The third kappa shape index (κ3) is 3.01. The first-order valence-corrected chi connectivity index (χ1v) is 7.79. The van der Waals surface area contributed by atoms with E-state index in [1.165, 1.54) is 4.31 Å². The van der Waals surface area contributed by atoms with E-state index in [1.54, 1.807) is 6.92 Å². The maximum Gasteiger partial charge on any atom is 0.302 e. The van der Waals surface area contributed by atoms with E-state index in [2.05, 4.69) is 4.72 Å². The number of rotatable bonds is 3. The summed E-state index contributed by atoms with van der Waals surface area (Å²) in [6.45, 7) is 2.17. The van der Waals surface area contributed by atoms with Gasteiger partial charge in [-0.15, -0.1) is 0 Å². The lowest BCUT2D eigenvalue weighted by atomic mass is 10.1. The lowest BCUT2D eigenvalue weighted by Crippen LogP contribution is -2.45. The Bertz CT molecular complexity index is 584. The van der Waals surface area contributed by atoms with Gasteiger partial charge in [0.15, 0.2) is 5.82 Å². The molecule has 20 heavy (non-hydrogen) atoms. The molecule has 3 N–H and O–H groups in total. The van der Waals surface area contributed by atoms with Gasteiger partial charge < -0.3 is 5.73 Å². The molecule has 1 unspecified atom stereocenters. The molecule has 0 aromatic heterocycles. The van der Waals surface area contributed by atoms with Crippen LogP contribution in [-0.2, 0) is 10.2 Å². The Labute approximate surface area is 116 Å². The van der Waals surface area contributed by atoms with Gasteiger partial charge in [-0.05, 0) is 25.8 Å². The molecule has 1 aliphatic heterocycles. The first-order chi connectivity index (χ1) is 9.31. The molecule has 1 atom stereocenters. The minimum Gasteiger partial charge on any atom is -0.397 e. The summed E-state index contributed by atoms with van der Waals surface area (Å²) >= 11 is 0. The average Bonchev–Trinajstić information content (AvgIpc) is 2.34.